The van der Waals surface area contributed by atoms with E-state index in [9.17, 15) is 4.39 Å². The van der Waals surface area contributed by atoms with Crippen LogP contribution in [0.3, 0.4) is 0 Å². The van der Waals surface area contributed by atoms with Crippen molar-refractivity contribution < 1.29 is 9.13 Å². The Balaban J connectivity index is 2.25. The molecule has 0 fully saturated rings. The molecule has 1 aromatic carbocycles. The Morgan fingerprint density at radius 1 is 1.40 bits per heavy atom. The lowest BCUT2D eigenvalue weighted by Crippen LogP contribution is -2.23. The Morgan fingerprint density at radius 2 is 2.20 bits per heavy atom. The number of hydrogen-bond donors (Lipinski definition) is 1. The summed E-state index contributed by atoms with van der Waals surface area (Å²) in [6.07, 6.45) is 0.563. The number of benzene rings is 1. The number of methoxy groups -OCH3 is 1. The number of halogens is 2. The van der Waals surface area contributed by atoms with Crippen molar-refractivity contribution in [1.29, 1.82) is 0 Å². The van der Waals surface area contributed by atoms with Gasteiger partial charge in [0.25, 0.3) is 0 Å². The third-order valence-corrected chi connectivity index (χ3v) is 4.33. The molecule has 1 aromatic heterocycles. The molecule has 1 N–H and O–H groups in total. The minimum Gasteiger partial charge on any atom is -0.496 e. The van der Waals surface area contributed by atoms with Crippen LogP contribution in [-0.4, -0.2) is 13.7 Å². The first kappa shape index (κ1) is 15.3. The fourth-order valence-electron chi connectivity index (χ4n) is 2.14. The lowest BCUT2D eigenvalue weighted by Gasteiger charge is -2.18. The number of ether oxygens (including phenoxy) is 1. The highest BCUT2D eigenvalue weighted by Gasteiger charge is 2.19. The highest BCUT2D eigenvalue weighted by molar-refractivity contribution is 7.10. The van der Waals surface area contributed by atoms with Crippen LogP contribution in [0.25, 0.3) is 0 Å². The van der Waals surface area contributed by atoms with Gasteiger partial charge in [-0.05, 0) is 42.1 Å². The van der Waals surface area contributed by atoms with E-state index in [0.717, 1.165) is 17.2 Å². The first-order chi connectivity index (χ1) is 9.65. The Morgan fingerprint density at radius 3 is 2.85 bits per heavy atom. The van der Waals surface area contributed by atoms with Gasteiger partial charge in [-0.15, -0.1) is 11.3 Å². The fraction of sp³-hybridized carbons (Fsp3) is 0.333. The molecular formula is C15H17ClFNOS. The molecule has 20 heavy (non-hydrogen) atoms. The van der Waals surface area contributed by atoms with Crippen molar-refractivity contribution in [3.63, 3.8) is 0 Å². The van der Waals surface area contributed by atoms with Gasteiger partial charge in [-0.2, -0.15) is 0 Å². The van der Waals surface area contributed by atoms with Crippen LogP contribution in [0.5, 0.6) is 5.75 Å². The molecule has 0 spiro atoms. The molecule has 0 saturated heterocycles. The van der Waals surface area contributed by atoms with Gasteiger partial charge in [0.1, 0.15) is 11.6 Å². The van der Waals surface area contributed by atoms with E-state index in [1.165, 1.54) is 6.07 Å². The van der Waals surface area contributed by atoms with Crippen LogP contribution in [0.1, 0.15) is 23.4 Å². The number of hydrogen-bond acceptors (Lipinski definition) is 3. The van der Waals surface area contributed by atoms with E-state index in [1.54, 1.807) is 30.6 Å². The number of rotatable bonds is 6. The molecule has 0 bridgehead atoms. The smallest absolute Gasteiger partial charge is 0.134 e. The van der Waals surface area contributed by atoms with E-state index in [4.69, 9.17) is 16.3 Å². The van der Waals surface area contributed by atoms with Crippen molar-refractivity contribution in [3.8, 4) is 5.75 Å². The number of thiophene rings is 1. The zero-order valence-corrected chi connectivity index (χ0v) is 13.0. The molecule has 0 radical (unpaired) electrons. The highest BCUT2D eigenvalue weighted by Crippen LogP contribution is 2.33. The van der Waals surface area contributed by atoms with Crippen molar-refractivity contribution in [2.24, 2.45) is 0 Å². The molecule has 2 rings (SSSR count). The monoisotopic (exact) mass is 313 g/mol. The summed E-state index contributed by atoms with van der Waals surface area (Å²) in [5, 5.41) is 5.78. The van der Waals surface area contributed by atoms with E-state index in [1.807, 2.05) is 18.4 Å². The molecular weight excluding hydrogens is 297 g/mol. The van der Waals surface area contributed by atoms with Gasteiger partial charge in [-0.1, -0.05) is 24.6 Å². The molecule has 108 valence electrons. The standard InChI is InChI=1S/C15H17ClFNOS/c1-3-18-13(15-14(19-2)6-7-20-15)8-10-4-5-11(16)9-12(10)17/h4-7,9,13,18H,3,8H2,1-2H3. The van der Waals surface area contributed by atoms with Crippen molar-refractivity contribution in [2.75, 3.05) is 13.7 Å². The summed E-state index contributed by atoms with van der Waals surface area (Å²) < 4.78 is 19.3. The van der Waals surface area contributed by atoms with Crippen molar-refractivity contribution in [3.05, 3.63) is 50.9 Å². The summed E-state index contributed by atoms with van der Waals surface area (Å²) in [4.78, 5) is 1.09. The summed E-state index contributed by atoms with van der Waals surface area (Å²) in [5.41, 5.74) is 0.649. The van der Waals surface area contributed by atoms with E-state index in [-0.39, 0.29) is 11.9 Å². The average Bonchev–Trinajstić information content (AvgIpc) is 2.89. The fourth-order valence-corrected chi connectivity index (χ4v) is 3.24. The molecule has 1 atom stereocenters. The Labute approximate surface area is 127 Å². The van der Waals surface area contributed by atoms with Crippen molar-refractivity contribution in [1.82, 2.24) is 5.32 Å². The van der Waals surface area contributed by atoms with Gasteiger partial charge in [-0.25, -0.2) is 4.39 Å². The normalized spacial score (nSPS) is 12.4. The molecule has 0 aliphatic rings. The summed E-state index contributed by atoms with van der Waals surface area (Å²) in [6, 6.07) is 6.77. The molecule has 5 heteroatoms. The van der Waals surface area contributed by atoms with Gasteiger partial charge in [0, 0.05) is 11.1 Å². The summed E-state index contributed by atoms with van der Waals surface area (Å²) in [6.45, 7) is 2.84. The molecule has 0 aliphatic carbocycles. The van der Waals surface area contributed by atoms with Crippen LogP contribution in [-0.2, 0) is 6.42 Å². The topological polar surface area (TPSA) is 21.3 Å². The SMILES string of the molecule is CCNC(Cc1ccc(Cl)cc1F)c1sccc1OC. The van der Waals surface area contributed by atoms with Crippen LogP contribution < -0.4 is 10.1 Å². The van der Waals surface area contributed by atoms with Gasteiger partial charge < -0.3 is 10.1 Å². The van der Waals surface area contributed by atoms with Crippen LogP contribution in [0, 0.1) is 5.82 Å². The van der Waals surface area contributed by atoms with Gasteiger partial charge in [0.15, 0.2) is 0 Å². The Bertz CT molecular complexity index is 573. The predicted molar refractivity (Wildman–Crippen MR) is 82.4 cm³/mol. The first-order valence-corrected chi connectivity index (χ1v) is 7.70. The zero-order valence-electron chi connectivity index (χ0n) is 11.5. The molecule has 0 amide bonds. The van der Waals surface area contributed by atoms with E-state index in [2.05, 4.69) is 5.32 Å². The Hall–Kier alpha value is -1.10. The quantitative estimate of drug-likeness (QED) is 0.851. The number of nitrogens with one attached hydrogen (secondary N) is 1. The van der Waals surface area contributed by atoms with Crippen LogP contribution in [0.15, 0.2) is 29.6 Å². The van der Waals surface area contributed by atoms with E-state index >= 15 is 0 Å². The maximum Gasteiger partial charge on any atom is 0.134 e. The third-order valence-electron chi connectivity index (χ3n) is 3.08. The first-order valence-electron chi connectivity index (χ1n) is 6.44. The maximum atomic E-state index is 13.9. The second-order valence-electron chi connectivity index (χ2n) is 4.40. The second-order valence-corrected chi connectivity index (χ2v) is 5.79. The summed E-state index contributed by atoms with van der Waals surface area (Å²) >= 11 is 7.40. The molecule has 0 aliphatic heterocycles. The van der Waals surface area contributed by atoms with Crippen molar-refractivity contribution >= 4 is 22.9 Å². The van der Waals surface area contributed by atoms with Gasteiger partial charge >= 0.3 is 0 Å². The highest BCUT2D eigenvalue weighted by atomic mass is 35.5. The van der Waals surface area contributed by atoms with Gasteiger partial charge in [0.05, 0.1) is 12.0 Å². The largest absolute Gasteiger partial charge is 0.496 e. The minimum atomic E-state index is -0.268. The van der Waals surface area contributed by atoms with Gasteiger partial charge in [0.2, 0.25) is 0 Å². The van der Waals surface area contributed by atoms with Crippen LogP contribution in [0.2, 0.25) is 5.02 Å². The third kappa shape index (κ3) is 3.51. The molecule has 1 unspecified atom stereocenters. The van der Waals surface area contributed by atoms with Gasteiger partial charge in [-0.3, -0.25) is 0 Å². The molecule has 1 heterocycles. The van der Waals surface area contributed by atoms with Crippen LogP contribution in [0.4, 0.5) is 4.39 Å². The lowest BCUT2D eigenvalue weighted by atomic mass is 10.0. The summed E-state index contributed by atoms with van der Waals surface area (Å²) in [7, 11) is 1.65. The second kappa shape index (κ2) is 7.07. The van der Waals surface area contributed by atoms with E-state index in [0.29, 0.717) is 17.0 Å². The van der Waals surface area contributed by atoms with Crippen LogP contribution >= 0.6 is 22.9 Å². The lowest BCUT2D eigenvalue weighted by molar-refractivity contribution is 0.403. The summed E-state index contributed by atoms with van der Waals surface area (Å²) in [5.74, 6) is 0.575. The van der Waals surface area contributed by atoms with E-state index < -0.39 is 0 Å². The van der Waals surface area contributed by atoms with Crippen molar-refractivity contribution in [2.45, 2.75) is 19.4 Å². The molecule has 2 nitrogen and oxygen atoms in total. The molecule has 2 aromatic rings. The average molecular weight is 314 g/mol. The number of likely N-dealkylation sites (N-methyl/N-ethyl adjacent to an activating group) is 1. The zero-order chi connectivity index (χ0) is 14.5. The predicted octanol–water partition coefficient (Wildman–Crippen LogP) is 4.44. The minimum absolute atomic E-state index is 0.0330. The molecule has 0 saturated carbocycles. The Kier molecular flexibility index (Phi) is 5.40. The maximum absolute atomic E-state index is 13.9.